The lowest BCUT2D eigenvalue weighted by Gasteiger charge is -2.30. The second-order valence-corrected chi connectivity index (χ2v) is 3.40. The summed E-state index contributed by atoms with van der Waals surface area (Å²) in [5, 5.41) is 0. The van der Waals surface area contributed by atoms with Crippen LogP contribution in [0.5, 0.6) is 0 Å². The summed E-state index contributed by atoms with van der Waals surface area (Å²) >= 11 is 1.96. The quantitative estimate of drug-likeness (QED) is 0.540. The summed E-state index contributed by atoms with van der Waals surface area (Å²) in [7, 11) is 3.88. The molecule has 0 aromatic heterocycles. The van der Waals surface area contributed by atoms with E-state index in [1.165, 1.54) is 5.75 Å². The second kappa shape index (κ2) is 3.44. The molecular weight excluding hydrogens is 134 g/mol. The Balaban J connectivity index is 2.30. The monoisotopic (exact) mass is 147 g/mol. The van der Waals surface area contributed by atoms with E-state index in [4.69, 9.17) is 4.74 Å². The molecular formula is C6H13NOS. The Morgan fingerprint density at radius 3 is 2.89 bits per heavy atom. The van der Waals surface area contributed by atoms with Crippen LogP contribution in [0.1, 0.15) is 0 Å². The van der Waals surface area contributed by atoms with Crippen molar-refractivity contribution in [2.24, 2.45) is 0 Å². The molecule has 1 heterocycles. The van der Waals surface area contributed by atoms with Gasteiger partial charge in [0, 0.05) is 25.2 Å². The van der Waals surface area contributed by atoms with Crippen molar-refractivity contribution in [1.82, 2.24) is 4.90 Å². The van der Waals surface area contributed by atoms with Crippen molar-refractivity contribution < 1.29 is 4.74 Å². The number of rotatable bonds is 1. The standard InChI is InChI=1S/C6H13NOS/c1-7-3-4-9-5-6(7)8-2/h6H,3-5H2,1-2H3. The third-order valence-electron chi connectivity index (χ3n) is 1.61. The van der Waals surface area contributed by atoms with E-state index < -0.39 is 0 Å². The van der Waals surface area contributed by atoms with Gasteiger partial charge in [-0.05, 0) is 7.05 Å². The van der Waals surface area contributed by atoms with Gasteiger partial charge in [0.1, 0.15) is 6.23 Å². The first kappa shape index (κ1) is 7.38. The average Bonchev–Trinajstić information content (AvgIpc) is 1.89. The van der Waals surface area contributed by atoms with Crippen LogP contribution in [0.25, 0.3) is 0 Å². The van der Waals surface area contributed by atoms with Crippen molar-refractivity contribution in [2.45, 2.75) is 6.23 Å². The van der Waals surface area contributed by atoms with Crippen molar-refractivity contribution >= 4 is 11.8 Å². The van der Waals surface area contributed by atoms with Crippen LogP contribution in [-0.4, -0.2) is 43.3 Å². The predicted octanol–water partition coefficient (Wildman–Crippen LogP) is 0.637. The molecule has 1 aliphatic heterocycles. The van der Waals surface area contributed by atoms with E-state index in [2.05, 4.69) is 11.9 Å². The largest absolute Gasteiger partial charge is 0.366 e. The molecule has 1 aliphatic rings. The zero-order valence-corrected chi connectivity index (χ0v) is 6.78. The SMILES string of the molecule is COC1CSCCN1C. The van der Waals surface area contributed by atoms with E-state index in [1.807, 2.05) is 11.8 Å². The fraction of sp³-hybridized carbons (Fsp3) is 1.00. The molecule has 0 aromatic carbocycles. The number of ether oxygens (including phenoxy) is 1. The predicted molar refractivity (Wildman–Crippen MR) is 40.8 cm³/mol. The fourth-order valence-electron chi connectivity index (χ4n) is 0.912. The number of hydrogen-bond donors (Lipinski definition) is 0. The van der Waals surface area contributed by atoms with Gasteiger partial charge in [0.25, 0.3) is 0 Å². The fourth-order valence-corrected chi connectivity index (χ4v) is 2.09. The van der Waals surface area contributed by atoms with Gasteiger partial charge in [-0.1, -0.05) is 0 Å². The van der Waals surface area contributed by atoms with Crippen LogP contribution in [0.2, 0.25) is 0 Å². The minimum absolute atomic E-state index is 0.351. The second-order valence-electron chi connectivity index (χ2n) is 2.25. The van der Waals surface area contributed by atoms with E-state index in [9.17, 15) is 0 Å². The molecule has 0 bridgehead atoms. The lowest BCUT2D eigenvalue weighted by Crippen LogP contribution is -2.40. The topological polar surface area (TPSA) is 12.5 Å². The highest BCUT2D eigenvalue weighted by Gasteiger charge is 2.17. The smallest absolute Gasteiger partial charge is 0.119 e. The first-order valence-corrected chi connectivity index (χ1v) is 4.31. The van der Waals surface area contributed by atoms with Gasteiger partial charge in [-0.15, -0.1) is 0 Å². The van der Waals surface area contributed by atoms with Gasteiger partial charge in [-0.25, -0.2) is 0 Å². The Labute approximate surface area is 60.6 Å². The summed E-state index contributed by atoms with van der Waals surface area (Å²) in [5.74, 6) is 2.36. The van der Waals surface area contributed by atoms with Crippen LogP contribution in [0.4, 0.5) is 0 Å². The average molecular weight is 147 g/mol. The van der Waals surface area contributed by atoms with Crippen LogP contribution in [0, 0.1) is 0 Å². The van der Waals surface area contributed by atoms with E-state index >= 15 is 0 Å². The van der Waals surface area contributed by atoms with Crippen LogP contribution >= 0.6 is 11.8 Å². The molecule has 54 valence electrons. The Kier molecular flexibility index (Phi) is 2.82. The molecule has 9 heavy (non-hydrogen) atoms. The minimum atomic E-state index is 0.351. The van der Waals surface area contributed by atoms with E-state index in [1.54, 1.807) is 7.11 Å². The van der Waals surface area contributed by atoms with Crippen molar-refractivity contribution in [2.75, 3.05) is 32.2 Å². The number of methoxy groups -OCH3 is 1. The molecule has 3 heteroatoms. The molecule has 1 unspecified atom stereocenters. The third kappa shape index (κ3) is 1.85. The van der Waals surface area contributed by atoms with Gasteiger partial charge in [-0.3, -0.25) is 4.90 Å². The van der Waals surface area contributed by atoms with Gasteiger partial charge in [0.2, 0.25) is 0 Å². The molecule has 1 saturated heterocycles. The van der Waals surface area contributed by atoms with Crippen LogP contribution in [0.15, 0.2) is 0 Å². The summed E-state index contributed by atoms with van der Waals surface area (Å²) < 4.78 is 5.21. The lowest BCUT2D eigenvalue weighted by molar-refractivity contribution is 0.000632. The maximum Gasteiger partial charge on any atom is 0.119 e. The highest BCUT2D eigenvalue weighted by Crippen LogP contribution is 2.14. The maximum absolute atomic E-state index is 5.21. The summed E-state index contributed by atoms with van der Waals surface area (Å²) in [6.45, 7) is 1.16. The van der Waals surface area contributed by atoms with Gasteiger partial charge < -0.3 is 4.74 Å². The van der Waals surface area contributed by atoms with Crippen LogP contribution in [-0.2, 0) is 4.74 Å². The van der Waals surface area contributed by atoms with E-state index in [0.717, 1.165) is 12.3 Å². The molecule has 1 rings (SSSR count). The molecule has 0 spiro atoms. The molecule has 0 saturated carbocycles. The molecule has 0 amide bonds. The van der Waals surface area contributed by atoms with Crippen LogP contribution in [0.3, 0.4) is 0 Å². The third-order valence-corrected chi connectivity index (χ3v) is 2.60. The summed E-state index contributed by atoms with van der Waals surface area (Å²) in [5.41, 5.74) is 0. The molecule has 2 nitrogen and oxygen atoms in total. The molecule has 0 aromatic rings. The van der Waals surface area contributed by atoms with Crippen molar-refractivity contribution in [3.05, 3.63) is 0 Å². The van der Waals surface area contributed by atoms with Gasteiger partial charge in [0.15, 0.2) is 0 Å². The highest BCUT2D eigenvalue weighted by atomic mass is 32.2. The van der Waals surface area contributed by atoms with Crippen molar-refractivity contribution in [3.63, 3.8) is 0 Å². The van der Waals surface area contributed by atoms with E-state index in [0.29, 0.717) is 6.23 Å². The number of nitrogens with zero attached hydrogens (tertiary/aromatic N) is 1. The molecule has 0 aliphatic carbocycles. The lowest BCUT2D eigenvalue weighted by atomic mass is 10.5. The zero-order valence-electron chi connectivity index (χ0n) is 5.96. The maximum atomic E-state index is 5.21. The molecule has 1 atom stereocenters. The zero-order chi connectivity index (χ0) is 6.69. The Morgan fingerprint density at radius 1 is 1.67 bits per heavy atom. The Morgan fingerprint density at radius 2 is 2.44 bits per heavy atom. The normalized spacial score (nSPS) is 30.7. The van der Waals surface area contributed by atoms with Crippen LogP contribution < -0.4 is 0 Å². The van der Waals surface area contributed by atoms with Crippen molar-refractivity contribution in [3.8, 4) is 0 Å². The summed E-state index contributed by atoms with van der Waals surface area (Å²) in [4.78, 5) is 2.25. The first-order chi connectivity index (χ1) is 4.34. The first-order valence-electron chi connectivity index (χ1n) is 3.15. The highest BCUT2D eigenvalue weighted by molar-refractivity contribution is 7.99. The minimum Gasteiger partial charge on any atom is -0.366 e. The van der Waals surface area contributed by atoms with E-state index in [-0.39, 0.29) is 0 Å². The molecule has 1 fully saturated rings. The number of thioether (sulfide) groups is 1. The Hall–Kier alpha value is 0.270. The van der Waals surface area contributed by atoms with Gasteiger partial charge in [-0.2, -0.15) is 11.8 Å². The number of hydrogen-bond acceptors (Lipinski definition) is 3. The van der Waals surface area contributed by atoms with Crippen molar-refractivity contribution in [1.29, 1.82) is 0 Å². The molecule has 0 N–H and O–H groups in total. The summed E-state index contributed by atoms with van der Waals surface area (Å²) in [6, 6.07) is 0. The summed E-state index contributed by atoms with van der Waals surface area (Å²) in [6.07, 6.45) is 0.351. The Bertz CT molecular complexity index is 89.1. The van der Waals surface area contributed by atoms with Gasteiger partial charge >= 0.3 is 0 Å². The molecule has 0 radical (unpaired) electrons. The van der Waals surface area contributed by atoms with Gasteiger partial charge in [0.05, 0.1) is 0 Å².